The first-order chi connectivity index (χ1) is 4.84. The lowest BCUT2D eigenvalue weighted by Gasteiger charge is -2.17. The second-order valence-corrected chi connectivity index (χ2v) is 3.27. The van der Waals surface area contributed by atoms with Crippen LogP contribution in [0.15, 0.2) is 0 Å². The molecule has 1 aliphatic rings. The molecule has 10 heavy (non-hydrogen) atoms. The standard InChI is InChI=1S/C8H18N2/c1-10-6-8(9)7-4-2-3-5-7/h7-8,10H,2-6,9H2,1H3. The second-order valence-electron chi connectivity index (χ2n) is 3.27. The minimum Gasteiger partial charge on any atom is -0.326 e. The zero-order valence-corrected chi connectivity index (χ0v) is 6.77. The van der Waals surface area contributed by atoms with Gasteiger partial charge in [-0.15, -0.1) is 0 Å². The van der Waals surface area contributed by atoms with Crippen LogP contribution in [0.25, 0.3) is 0 Å². The fourth-order valence-corrected chi connectivity index (χ4v) is 1.79. The van der Waals surface area contributed by atoms with Crippen LogP contribution in [0.1, 0.15) is 25.7 Å². The summed E-state index contributed by atoms with van der Waals surface area (Å²) in [5, 5.41) is 3.12. The van der Waals surface area contributed by atoms with Gasteiger partial charge in [0.25, 0.3) is 0 Å². The van der Waals surface area contributed by atoms with Crippen molar-refractivity contribution in [2.75, 3.05) is 13.6 Å². The molecule has 1 atom stereocenters. The van der Waals surface area contributed by atoms with Crippen molar-refractivity contribution >= 4 is 0 Å². The van der Waals surface area contributed by atoms with E-state index in [1.165, 1.54) is 25.7 Å². The Morgan fingerprint density at radius 1 is 1.50 bits per heavy atom. The molecule has 0 spiro atoms. The molecule has 0 heterocycles. The van der Waals surface area contributed by atoms with Gasteiger partial charge in [0.15, 0.2) is 0 Å². The first-order valence-electron chi connectivity index (χ1n) is 4.24. The average molecular weight is 142 g/mol. The third-order valence-electron chi connectivity index (χ3n) is 2.45. The first-order valence-corrected chi connectivity index (χ1v) is 4.24. The van der Waals surface area contributed by atoms with E-state index in [0.717, 1.165) is 12.5 Å². The van der Waals surface area contributed by atoms with Gasteiger partial charge in [-0.2, -0.15) is 0 Å². The van der Waals surface area contributed by atoms with Crippen molar-refractivity contribution in [1.29, 1.82) is 0 Å². The zero-order chi connectivity index (χ0) is 7.40. The van der Waals surface area contributed by atoms with Gasteiger partial charge in [-0.25, -0.2) is 0 Å². The molecule has 1 fully saturated rings. The monoisotopic (exact) mass is 142 g/mol. The molecule has 0 aliphatic heterocycles. The first kappa shape index (κ1) is 8.02. The lowest BCUT2D eigenvalue weighted by molar-refractivity contribution is 0.419. The third-order valence-corrected chi connectivity index (χ3v) is 2.45. The molecule has 1 rings (SSSR count). The molecule has 0 aromatic rings. The van der Waals surface area contributed by atoms with Crippen molar-refractivity contribution in [2.24, 2.45) is 11.7 Å². The minimum absolute atomic E-state index is 0.396. The van der Waals surface area contributed by atoms with Gasteiger partial charge in [0.2, 0.25) is 0 Å². The summed E-state index contributed by atoms with van der Waals surface area (Å²) in [6.45, 7) is 0.977. The maximum absolute atomic E-state index is 5.93. The second kappa shape index (κ2) is 3.94. The number of nitrogens with two attached hydrogens (primary N) is 1. The predicted octanol–water partition coefficient (Wildman–Crippen LogP) is 0.723. The van der Waals surface area contributed by atoms with E-state index in [9.17, 15) is 0 Å². The number of nitrogens with one attached hydrogen (secondary N) is 1. The van der Waals surface area contributed by atoms with Gasteiger partial charge in [0, 0.05) is 12.6 Å². The number of likely N-dealkylation sites (N-methyl/N-ethyl adjacent to an activating group) is 1. The van der Waals surface area contributed by atoms with Gasteiger partial charge in [0.05, 0.1) is 0 Å². The van der Waals surface area contributed by atoms with Crippen LogP contribution in [0.4, 0.5) is 0 Å². The SMILES string of the molecule is CNCC(N)C1CCCC1. The Balaban J connectivity index is 2.18. The maximum Gasteiger partial charge on any atom is 0.0193 e. The summed E-state index contributed by atoms with van der Waals surface area (Å²) in [6.07, 6.45) is 5.48. The fraction of sp³-hybridized carbons (Fsp3) is 1.00. The lowest BCUT2D eigenvalue weighted by Crippen LogP contribution is -2.37. The van der Waals surface area contributed by atoms with E-state index in [-0.39, 0.29) is 0 Å². The van der Waals surface area contributed by atoms with Crippen LogP contribution >= 0.6 is 0 Å². The Morgan fingerprint density at radius 3 is 2.60 bits per heavy atom. The van der Waals surface area contributed by atoms with Gasteiger partial charge in [-0.05, 0) is 25.8 Å². The van der Waals surface area contributed by atoms with Crippen molar-refractivity contribution < 1.29 is 0 Å². The summed E-state index contributed by atoms with van der Waals surface area (Å²) in [4.78, 5) is 0. The molecule has 0 aromatic heterocycles. The van der Waals surface area contributed by atoms with E-state index in [0.29, 0.717) is 6.04 Å². The Morgan fingerprint density at radius 2 is 2.10 bits per heavy atom. The zero-order valence-electron chi connectivity index (χ0n) is 6.77. The van der Waals surface area contributed by atoms with E-state index in [4.69, 9.17) is 5.73 Å². The van der Waals surface area contributed by atoms with Crippen LogP contribution in [0.5, 0.6) is 0 Å². The molecule has 2 nitrogen and oxygen atoms in total. The largest absolute Gasteiger partial charge is 0.326 e. The molecule has 2 heteroatoms. The van der Waals surface area contributed by atoms with Gasteiger partial charge < -0.3 is 11.1 Å². The van der Waals surface area contributed by atoms with E-state index >= 15 is 0 Å². The van der Waals surface area contributed by atoms with E-state index in [1.807, 2.05) is 7.05 Å². The van der Waals surface area contributed by atoms with Crippen LogP contribution in [-0.4, -0.2) is 19.6 Å². The quantitative estimate of drug-likeness (QED) is 0.609. The highest BCUT2D eigenvalue weighted by Gasteiger charge is 2.20. The molecule has 0 amide bonds. The maximum atomic E-state index is 5.93. The smallest absolute Gasteiger partial charge is 0.0193 e. The molecular weight excluding hydrogens is 124 g/mol. The number of hydrogen-bond donors (Lipinski definition) is 2. The highest BCUT2D eigenvalue weighted by molar-refractivity contribution is 4.78. The van der Waals surface area contributed by atoms with Crippen LogP contribution < -0.4 is 11.1 Å². The Bertz CT molecular complexity index is 87.3. The molecule has 60 valence electrons. The van der Waals surface area contributed by atoms with E-state index < -0.39 is 0 Å². The van der Waals surface area contributed by atoms with Crippen molar-refractivity contribution in [3.63, 3.8) is 0 Å². The van der Waals surface area contributed by atoms with Gasteiger partial charge in [-0.1, -0.05) is 12.8 Å². The third kappa shape index (κ3) is 1.96. The van der Waals surface area contributed by atoms with Crippen LogP contribution in [0, 0.1) is 5.92 Å². The van der Waals surface area contributed by atoms with Crippen LogP contribution in [-0.2, 0) is 0 Å². The summed E-state index contributed by atoms with van der Waals surface area (Å²) in [7, 11) is 1.97. The number of hydrogen-bond acceptors (Lipinski definition) is 2. The minimum atomic E-state index is 0.396. The molecule has 0 radical (unpaired) electrons. The lowest BCUT2D eigenvalue weighted by atomic mass is 9.99. The van der Waals surface area contributed by atoms with Crippen LogP contribution in [0.2, 0.25) is 0 Å². The van der Waals surface area contributed by atoms with Gasteiger partial charge >= 0.3 is 0 Å². The van der Waals surface area contributed by atoms with Crippen molar-refractivity contribution in [2.45, 2.75) is 31.7 Å². The molecule has 1 unspecified atom stereocenters. The highest BCUT2D eigenvalue weighted by Crippen LogP contribution is 2.26. The summed E-state index contributed by atoms with van der Waals surface area (Å²) in [6, 6.07) is 0.396. The summed E-state index contributed by atoms with van der Waals surface area (Å²) < 4.78 is 0. The Labute approximate surface area is 63.2 Å². The summed E-state index contributed by atoms with van der Waals surface area (Å²) >= 11 is 0. The van der Waals surface area contributed by atoms with Crippen molar-refractivity contribution in [1.82, 2.24) is 5.32 Å². The molecule has 0 aromatic carbocycles. The van der Waals surface area contributed by atoms with Gasteiger partial charge in [-0.3, -0.25) is 0 Å². The van der Waals surface area contributed by atoms with Gasteiger partial charge in [0.1, 0.15) is 0 Å². The van der Waals surface area contributed by atoms with Crippen molar-refractivity contribution in [3.8, 4) is 0 Å². The Kier molecular flexibility index (Phi) is 3.16. The molecule has 0 bridgehead atoms. The fourth-order valence-electron chi connectivity index (χ4n) is 1.79. The molecular formula is C8H18N2. The van der Waals surface area contributed by atoms with Crippen LogP contribution in [0.3, 0.4) is 0 Å². The van der Waals surface area contributed by atoms with E-state index in [1.54, 1.807) is 0 Å². The van der Waals surface area contributed by atoms with Crippen molar-refractivity contribution in [3.05, 3.63) is 0 Å². The molecule has 3 N–H and O–H groups in total. The molecule has 0 saturated heterocycles. The summed E-state index contributed by atoms with van der Waals surface area (Å²) in [5.74, 6) is 0.799. The topological polar surface area (TPSA) is 38.0 Å². The van der Waals surface area contributed by atoms with E-state index in [2.05, 4.69) is 5.32 Å². The Hall–Kier alpha value is -0.0800. The average Bonchev–Trinajstić information content (AvgIpc) is 2.38. The normalized spacial score (nSPS) is 23.4. The molecule has 1 aliphatic carbocycles. The molecule has 1 saturated carbocycles. The summed E-state index contributed by atoms with van der Waals surface area (Å²) in [5.41, 5.74) is 5.93. The number of rotatable bonds is 3. The predicted molar refractivity (Wildman–Crippen MR) is 43.9 cm³/mol. The highest BCUT2D eigenvalue weighted by atomic mass is 14.9.